The van der Waals surface area contributed by atoms with Gasteiger partial charge in [-0.05, 0) is 12.1 Å². The molecule has 2 aromatic heterocycles. The van der Waals surface area contributed by atoms with Crippen LogP contribution in [0.1, 0.15) is 0 Å². The Hall–Kier alpha value is -2.54. The van der Waals surface area contributed by atoms with E-state index in [4.69, 9.17) is 0 Å². The van der Waals surface area contributed by atoms with E-state index >= 15 is 0 Å². The van der Waals surface area contributed by atoms with Crippen LogP contribution in [0.15, 0.2) is 37.2 Å². The maximum atomic E-state index is 9.45. The first-order valence-electron chi connectivity index (χ1n) is 5.25. The van der Waals surface area contributed by atoms with Crippen molar-refractivity contribution in [3.8, 4) is 17.4 Å². The standard InChI is InChI=1S/C11H12N6O/c1-2-5-13-17-10-14-9(15-11(18)16-10)8-3-6-12-7-4-8/h2-4,6-7,13H,1,5H2,(H2,14,15,16,17,18). The number of hydrogen-bond donors (Lipinski definition) is 3. The molecule has 3 N–H and O–H groups in total. The largest absolute Gasteiger partial charge is 0.479 e. The maximum Gasteiger partial charge on any atom is 0.319 e. The molecule has 2 heterocycles. The highest BCUT2D eigenvalue weighted by atomic mass is 16.3. The van der Waals surface area contributed by atoms with Gasteiger partial charge in [-0.3, -0.25) is 10.4 Å². The zero-order valence-corrected chi connectivity index (χ0v) is 9.54. The molecule has 7 heteroatoms. The first kappa shape index (κ1) is 11.9. The summed E-state index contributed by atoms with van der Waals surface area (Å²) in [7, 11) is 0. The molecule has 0 spiro atoms. The topological polar surface area (TPSA) is 95.9 Å². The molecular weight excluding hydrogens is 232 g/mol. The quantitative estimate of drug-likeness (QED) is 0.405. The van der Waals surface area contributed by atoms with Crippen molar-refractivity contribution in [2.24, 2.45) is 0 Å². The van der Waals surface area contributed by atoms with Gasteiger partial charge in [0.15, 0.2) is 5.82 Å². The molecule has 0 aliphatic heterocycles. The maximum absolute atomic E-state index is 9.45. The second kappa shape index (κ2) is 5.69. The Morgan fingerprint density at radius 3 is 2.72 bits per heavy atom. The fraction of sp³-hybridized carbons (Fsp3) is 0.0909. The van der Waals surface area contributed by atoms with E-state index in [-0.39, 0.29) is 12.0 Å². The molecule has 0 aromatic carbocycles. The van der Waals surface area contributed by atoms with E-state index in [1.165, 1.54) is 0 Å². The molecule has 0 saturated heterocycles. The third-order valence-corrected chi connectivity index (χ3v) is 2.01. The van der Waals surface area contributed by atoms with Crippen molar-refractivity contribution in [2.75, 3.05) is 12.0 Å². The minimum atomic E-state index is -0.347. The number of rotatable bonds is 5. The van der Waals surface area contributed by atoms with E-state index in [0.717, 1.165) is 5.56 Å². The SMILES string of the molecule is C=CCNNc1nc(O)nc(-c2ccncc2)n1. The Morgan fingerprint density at radius 2 is 2.00 bits per heavy atom. The Labute approximate surface area is 104 Å². The van der Waals surface area contributed by atoms with Crippen molar-refractivity contribution in [2.45, 2.75) is 0 Å². The van der Waals surface area contributed by atoms with Gasteiger partial charge in [-0.15, -0.1) is 6.58 Å². The minimum absolute atomic E-state index is 0.233. The fourth-order valence-corrected chi connectivity index (χ4v) is 1.25. The van der Waals surface area contributed by atoms with Gasteiger partial charge in [0.25, 0.3) is 0 Å². The molecule has 0 aliphatic rings. The molecule has 0 atom stereocenters. The van der Waals surface area contributed by atoms with Crippen molar-refractivity contribution in [1.29, 1.82) is 0 Å². The van der Waals surface area contributed by atoms with Crippen molar-refractivity contribution in [3.63, 3.8) is 0 Å². The number of nitrogens with zero attached hydrogens (tertiary/aromatic N) is 4. The second-order valence-electron chi connectivity index (χ2n) is 3.31. The summed E-state index contributed by atoms with van der Waals surface area (Å²) in [5, 5.41) is 9.45. The fourth-order valence-electron chi connectivity index (χ4n) is 1.25. The number of aromatic nitrogens is 4. The van der Waals surface area contributed by atoms with Crippen molar-refractivity contribution in [3.05, 3.63) is 37.2 Å². The highest BCUT2D eigenvalue weighted by Gasteiger charge is 2.06. The van der Waals surface area contributed by atoms with E-state index in [1.54, 1.807) is 30.6 Å². The van der Waals surface area contributed by atoms with Crippen molar-refractivity contribution in [1.82, 2.24) is 25.4 Å². The predicted octanol–water partition coefficient (Wildman–Crippen LogP) is 0.742. The molecular formula is C11H12N6O. The first-order valence-corrected chi connectivity index (χ1v) is 5.25. The summed E-state index contributed by atoms with van der Waals surface area (Å²) < 4.78 is 0. The van der Waals surface area contributed by atoms with Gasteiger partial charge in [-0.1, -0.05) is 6.08 Å². The number of nitrogens with one attached hydrogen (secondary N) is 2. The Balaban J connectivity index is 2.24. The lowest BCUT2D eigenvalue weighted by Gasteiger charge is -2.06. The molecule has 18 heavy (non-hydrogen) atoms. The third kappa shape index (κ3) is 2.98. The number of anilines is 1. The molecule has 0 unspecified atom stereocenters. The first-order chi connectivity index (χ1) is 8.79. The monoisotopic (exact) mass is 244 g/mol. The van der Waals surface area contributed by atoms with Crippen LogP contribution in [0.3, 0.4) is 0 Å². The average molecular weight is 244 g/mol. The highest BCUT2D eigenvalue weighted by Crippen LogP contribution is 2.16. The van der Waals surface area contributed by atoms with E-state index in [0.29, 0.717) is 12.4 Å². The molecule has 7 nitrogen and oxygen atoms in total. The van der Waals surface area contributed by atoms with Gasteiger partial charge in [0, 0.05) is 24.5 Å². The molecule has 92 valence electrons. The van der Waals surface area contributed by atoms with Gasteiger partial charge in [-0.2, -0.15) is 15.0 Å². The zero-order chi connectivity index (χ0) is 12.8. The molecule has 0 radical (unpaired) electrons. The zero-order valence-electron chi connectivity index (χ0n) is 9.54. The van der Waals surface area contributed by atoms with Crippen LogP contribution < -0.4 is 10.9 Å². The molecule has 0 amide bonds. The van der Waals surface area contributed by atoms with Gasteiger partial charge in [-0.25, -0.2) is 5.43 Å². The molecule has 0 aliphatic carbocycles. The highest BCUT2D eigenvalue weighted by molar-refractivity contribution is 5.55. The van der Waals surface area contributed by atoms with Crippen LogP contribution in [0.25, 0.3) is 11.4 Å². The molecule has 0 fully saturated rings. The van der Waals surface area contributed by atoms with Gasteiger partial charge in [0.2, 0.25) is 5.95 Å². The van der Waals surface area contributed by atoms with Crippen LogP contribution in [-0.2, 0) is 0 Å². The van der Waals surface area contributed by atoms with Crippen LogP contribution in [0.5, 0.6) is 6.01 Å². The summed E-state index contributed by atoms with van der Waals surface area (Å²) in [4.78, 5) is 15.7. The number of hydrazine groups is 1. The number of pyridine rings is 1. The predicted molar refractivity (Wildman–Crippen MR) is 66.5 cm³/mol. The van der Waals surface area contributed by atoms with Crippen molar-refractivity contribution >= 4 is 5.95 Å². The van der Waals surface area contributed by atoms with Crippen LogP contribution in [0, 0.1) is 0 Å². The summed E-state index contributed by atoms with van der Waals surface area (Å²) in [6.07, 6.45) is 4.93. The summed E-state index contributed by atoms with van der Waals surface area (Å²) in [6.45, 7) is 4.10. The van der Waals surface area contributed by atoms with Crippen LogP contribution in [0.4, 0.5) is 5.95 Å². The number of aromatic hydroxyl groups is 1. The Morgan fingerprint density at radius 1 is 1.22 bits per heavy atom. The van der Waals surface area contributed by atoms with Gasteiger partial charge in [0.1, 0.15) is 0 Å². The smallest absolute Gasteiger partial charge is 0.319 e. The average Bonchev–Trinajstić information content (AvgIpc) is 2.39. The minimum Gasteiger partial charge on any atom is -0.479 e. The molecule has 0 saturated carbocycles. The summed E-state index contributed by atoms with van der Waals surface area (Å²) >= 11 is 0. The van der Waals surface area contributed by atoms with E-state index in [1.807, 2.05) is 0 Å². The van der Waals surface area contributed by atoms with Gasteiger partial charge < -0.3 is 5.11 Å². The molecule has 2 aromatic rings. The third-order valence-electron chi connectivity index (χ3n) is 2.01. The Bertz CT molecular complexity index is 530. The van der Waals surface area contributed by atoms with Crippen LogP contribution in [-0.4, -0.2) is 31.6 Å². The molecule has 2 rings (SSSR count). The van der Waals surface area contributed by atoms with E-state index in [2.05, 4.69) is 37.4 Å². The van der Waals surface area contributed by atoms with E-state index in [9.17, 15) is 5.11 Å². The summed E-state index contributed by atoms with van der Waals surface area (Å²) in [6, 6.07) is 3.14. The lowest BCUT2D eigenvalue weighted by atomic mass is 10.2. The number of hydrogen-bond acceptors (Lipinski definition) is 7. The lowest BCUT2D eigenvalue weighted by molar-refractivity contribution is 0.429. The van der Waals surface area contributed by atoms with Gasteiger partial charge >= 0.3 is 6.01 Å². The van der Waals surface area contributed by atoms with Crippen LogP contribution in [0.2, 0.25) is 0 Å². The lowest BCUT2D eigenvalue weighted by Crippen LogP contribution is -2.23. The molecule has 0 bridgehead atoms. The summed E-state index contributed by atoms with van der Waals surface area (Å²) in [5.74, 6) is 0.601. The van der Waals surface area contributed by atoms with Crippen molar-refractivity contribution < 1.29 is 5.11 Å². The van der Waals surface area contributed by atoms with Gasteiger partial charge in [0.05, 0.1) is 0 Å². The van der Waals surface area contributed by atoms with E-state index < -0.39 is 0 Å². The second-order valence-corrected chi connectivity index (χ2v) is 3.31. The van der Waals surface area contributed by atoms with Crippen LogP contribution >= 0.6 is 0 Å². The Kier molecular flexibility index (Phi) is 3.77. The summed E-state index contributed by atoms with van der Waals surface area (Å²) in [5.41, 5.74) is 6.30. The normalized spacial score (nSPS) is 10.0.